The van der Waals surface area contributed by atoms with Crippen molar-refractivity contribution in [3.63, 3.8) is 0 Å². The summed E-state index contributed by atoms with van der Waals surface area (Å²) in [6.07, 6.45) is 7.90. The van der Waals surface area contributed by atoms with Crippen LogP contribution in [0, 0.1) is 0 Å². The molecular weight excluding hydrogens is 358 g/mol. The third kappa shape index (κ3) is 5.24. The third-order valence-electron chi connectivity index (χ3n) is 5.47. The summed E-state index contributed by atoms with van der Waals surface area (Å²) in [6, 6.07) is 6.13. The van der Waals surface area contributed by atoms with Gasteiger partial charge in [0.15, 0.2) is 0 Å². The fourth-order valence-corrected chi connectivity index (χ4v) is 3.85. The van der Waals surface area contributed by atoms with Crippen molar-refractivity contribution in [3.8, 4) is 5.75 Å². The maximum atomic E-state index is 12.6. The molecule has 1 atom stereocenters. The van der Waals surface area contributed by atoms with Crippen molar-refractivity contribution < 1.29 is 19.1 Å². The molecule has 0 unspecified atom stereocenters. The number of urea groups is 1. The number of imide groups is 1. The van der Waals surface area contributed by atoms with Gasteiger partial charge in [-0.3, -0.25) is 14.5 Å². The Labute approximate surface area is 165 Å². The largest absolute Gasteiger partial charge is 0.497 e. The van der Waals surface area contributed by atoms with Gasteiger partial charge in [0.25, 0.3) is 5.91 Å². The molecular formula is C21H29N3O4. The highest BCUT2D eigenvalue weighted by Gasteiger charge is 2.39. The van der Waals surface area contributed by atoms with Gasteiger partial charge in [-0.2, -0.15) is 0 Å². The van der Waals surface area contributed by atoms with E-state index in [4.69, 9.17) is 4.74 Å². The molecule has 1 saturated carbocycles. The van der Waals surface area contributed by atoms with Gasteiger partial charge in [-0.1, -0.05) is 44.2 Å². The number of nitrogens with one attached hydrogen (secondary N) is 2. The van der Waals surface area contributed by atoms with E-state index in [1.807, 2.05) is 12.1 Å². The summed E-state index contributed by atoms with van der Waals surface area (Å²) in [4.78, 5) is 38.4. The molecule has 3 rings (SSSR count). The molecule has 1 heterocycles. The number of hydrogen-bond donors (Lipinski definition) is 2. The summed E-state index contributed by atoms with van der Waals surface area (Å²) < 4.78 is 5.11. The summed E-state index contributed by atoms with van der Waals surface area (Å²) in [5.41, 5.74) is 0.823. The van der Waals surface area contributed by atoms with Gasteiger partial charge in [-0.25, -0.2) is 4.79 Å². The summed E-state index contributed by atoms with van der Waals surface area (Å²) in [6.45, 7) is 0.176. The average molecular weight is 387 g/mol. The zero-order chi connectivity index (χ0) is 19.9. The maximum Gasteiger partial charge on any atom is 0.325 e. The van der Waals surface area contributed by atoms with Crippen LogP contribution >= 0.6 is 0 Å². The van der Waals surface area contributed by atoms with Crippen molar-refractivity contribution in [1.82, 2.24) is 15.5 Å². The number of benzene rings is 1. The van der Waals surface area contributed by atoms with E-state index in [0.29, 0.717) is 5.75 Å². The second kappa shape index (κ2) is 9.57. The van der Waals surface area contributed by atoms with E-state index in [1.54, 1.807) is 19.2 Å². The Kier molecular flexibility index (Phi) is 6.90. The SMILES string of the molecule is COc1ccc(CN2C(=O)N[C@@H](CC(=O)NC3CCCCCCC3)C2=O)cc1. The topological polar surface area (TPSA) is 87.7 Å². The van der Waals surface area contributed by atoms with Crippen molar-refractivity contribution in [2.45, 2.75) is 70.0 Å². The van der Waals surface area contributed by atoms with E-state index in [-0.39, 0.29) is 30.8 Å². The Balaban J connectivity index is 1.52. The molecule has 1 aliphatic heterocycles. The fraction of sp³-hybridized carbons (Fsp3) is 0.571. The van der Waals surface area contributed by atoms with Gasteiger partial charge in [0.05, 0.1) is 20.1 Å². The molecule has 0 bridgehead atoms. The van der Waals surface area contributed by atoms with E-state index in [1.165, 1.54) is 19.3 Å². The number of carbonyl (C=O) groups excluding carboxylic acids is 3. The Hall–Kier alpha value is -2.57. The molecule has 7 heteroatoms. The minimum absolute atomic E-state index is 0.0137. The Morgan fingerprint density at radius 2 is 1.75 bits per heavy atom. The van der Waals surface area contributed by atoms with Gasteiger partial charge in [-0.05, 0) is 30.5 Å². The third-order valence-corrected chi connectivity index (χ3v) is 5.47. The van der Waals surface area contributed by atoms with Crippen LogP contribution < -0.4 is 15.4 Å². The molecule has 152 valence electrons. The molecule has 1 aliphatic carbocycles. The predicted molar refractivity (Wildman–Crippen MR) is 105 cm³/mol. The highest BCUT2D eigenvalue weighted by molar-refractivity contribution is 6.05. The number of carbonyl (C=O) groups is 3. The predicted octanol–water partition coefficient (Wildman–Crippen LogP) is 2.73. The first-order valence-electron chi connectivity index (χ1n) is 10.1. The number of methoxy groups -OCH3 is 1. The van der Waals surface area contributed by atoms with Crippen LogP contribution in [0.25, 0.3) is 0 Å². The fourth-order valence-electron chi connectivity index (χ4n) is 3.85. The van der Waals surface area contributed by atoms with E-state index in [9.17, 15) is 14.4 Å². The Morgan fingerprint density at radius 3 is 2.39 bits per heavy atom. The minimum atomic E-state index is -0.792. The lowest BCUT2D eigenvalue weighted by molar-refractivity contribution is -0.131. The van der Waals surface area contributed by atoms with Gasteiger partial charge in [0.1, 0.15) is 11.8 Å². The Bertz CT molecular complexity index is 696. The number of hydrogen-bond acceptors (Lipinski definition) is 4. The quantitative estimate of drug-likeness (QED) is 0.735. The van der Waals surface area contributed by atoms with Gasteiger partial charge in [0, 0.05) is 6.04 Å². The summed E-state index contributed by atoms with van der Waals surface area (Å²) in [5.74, 6) is 0.189. The average Bonchev–Trinajstić information content (AvgIpc) is 2.92. The van der Waals surface area contributed by atoms with E-state index in [2.05, 4.69) is 10.6 Å². The molecule has 28 heavy (non-hydrogen) atoms. The van der Waals surface area contributed by atoms with Crippen LogP contribution in [0.1, 0.15) is 56.9 Å². The monoisotopic (exact) mass is 387 g/mol. The lowest BCUT2D eigenvalue weighted by Crippen LogP contribution is -2.40. The molecule has 2 N–H and O–H groups in total. The molecule has 1 saturated heterocycles. The number of nitrogens with zero attached hydrogens (tertiary/aromatic N) is 1. The van der Waals surface area contributed by atoms with Crippen LogP contribution in [0.2, 0.25) is 0 Å². The van der Waals surface area contributed by atoms with Gasteiger partial charge in [-0.15, -0.1) is 0 Å². The normalized spacial score (nSPS) is 21.0. The van der Waals surface area contributed by atoms with Crippen molar-refractivity contribution in [2.24, 2.45) is 0 Å². The smallest absolute Gasteiger partial charge is 0.325 e. The summed E-state index contributed by atoms with van der Waals surface area (Å²) >= 11 is 0. The van der Waals surface area contributed by atoms with Crippen LogP contribution in [-0.2, 0) is 16.1 Å². The van der Waals surface area contributed by atoms with Crippen molar-refractivity contribution in [3.05, 3.63) is 29.8 Å². The highest BCUT2D eigenvalue weighted by Crippen LogP contribution is 2.19. The Morgan fingerprint density at radius 1 is 1.11 bits per heavy atom. The van der Waals surface area contributed by atoms with Crippen LogP contribution in [-0.4, -0.2) is 41.9 Å². The van der Waals surface area contributed by atoms with Crippen molar-refractivity contribution in [1.29, 1.82) is 0 Å². The van der Waals surface area contributed by atoms with Crippen molar-refractivity contribution in [2.75, 3.05) is 7.11 Å². The van der Waals surface area contributed by atoms with Gasteiger partial charge < -0.3 is 15.4 Å². The number of rotatable bonds is 6. The van der Waals surface area contributed by atoms with E-state index in [0.717, 1.165) is 36.1 Å². The van der Waals surface area contributed by atoms with E-state index < -0.39 is 12.1 Å². The molecule has 2 fully saturated rings. The standard InChI is InChI=1S/C21H29N3O4/c1-28-17-11-9-15(10-12-17)14-24-20(26)18(23-21(24)27)13-19(25)22-16-7-5-3-2-4-6-8-16/h9-12,16,18H,2-8,13-14H2,1H3,(H,22,25)(H,23,27)/t18-/m0/s1. The van der Waals surface area contributed by atoms with Crippen LogP contribution in [0.15, 0.2) is 24.3 Å². The van der Waals surface area contributed by atoms with Crippen LogP contribution in [0.4, 0.5) is 4.79 Å². The van der Waals surface area contributed by atoms with Crippen LogP contribution in [0.3, 0.4) is 0 Å². The molecule has 2 aliphatic rings. The van der Waals surface area contributed by atoms with Crippen LogP contribution in [0.5, 0.6) is 5.75 Å². The molecule has 4 amide bonds. The minimum Gasteiger partial charge on any atom is -0.497 e. The zero-order valence-electron chi connectivity index (χ0n) is 16.4. The zero-order valence-corrected chi connectivity index (χ0v) is 16.4. The molecule has 0 aromatic heterocycles. The number of ether oxygens (including phenoxy) is 1. The highest BCUT2D eigenvalue weighted by atomic mass is 16.5. The van der Waals surface area contributed by atoms with Gasteiger partial charge >= 0.3 is 6.03 Å². The molecule has 1 aromatic rings. The number of amides is 4. The lowest BCUT2D eigenvalue weighted by Gasteiger charge is -2.21. The second-order valence-corrected chi connectivity index (χ2v) is 7.59. The summed E-state index contributed by atoms with van der Waals surface area (Å²) in [7, 11) is 1.58. The first-order chi connectivity index (χ1) is 13.6. The van der Waals surface area contributed by atoms with E-state index >= 15 is 0 Å². The molecule has 7 nitrogen and oxygen atoms in total. The summed E-state index contributed by atoms with van der Waals surface area (Å²) in [5, 5.41) is 5.69. The van der Waals surface area contributed by atoms with Gasteiger partial charge in [0.2, 0.25) is 5.91 Å². The molecule has 1 aromatic carbocycles. The van der Waals surface area contributed by atoms with Crippen molar-refractivity contribution >= 4 is 17.8 Å². The first-order valence-corrected chi connectivity index (χ1v) is 10.1. The molecule has 0 spiro atoms. The lowest BCUT2D eigenvalue weighted by atomic mass is 9.96. The second-order valence-electron chi connectivity index (χ2n) is 7.59. The first kappa shape index (κ1) is 20.2. The molecule has 0 radical (unpaired) electrons. The maximum absolute atomic E-state index is 12.6.